The molecule has 2 aromatic rings. The number of carbonyl (C=O) groups excluding carboxylic acids is 2. The second kappa shape index (κ2) is 9.30. The molecule has 1 aliphatic heterocycles. The molecule has 1 unspecified atom stereocenters. The lowest BCUT2D eigenvalue weighted by molar-refractivity contribution is -0.128. The first-order valence-electron chi connectivity index (χ1n) is 10.3. The first-order chi connectivity index (χ1) is 14.1. The number of thioether (sulfide) groups is 1. The summed E-state index contributed by atoms with van der Waals surface area (Å²) in [6.07, 6.45) is 7.28. The zero-order valence-corrected chi connectivity index (χ0v) is 18.0. The molecule has 0 saturated carbocycles. The van der Waals surface area contributed by atoms with Crippen LogP contribution in [0.2, 0.25) is 0 Å². The van der Waals surface area contributed by atoms with Gasteiger partial charge in [-0.25, -0.2) is 4.98 Å². The van der Waals surface area contributed by atoms with Gasteiger partial charge in [0.15, 0.2) is 0 Å². The van der Waals surface area contributed by atoms with Crippen molar-refractivity contribution in [2.75, 3.05) is 12.3 Å². The van der Waals surface area contributed by atoms with E-state index in [1.54, 1.807) is 23.1 Å². The van der Waals surface area contributed by atoms with Crippen LogP contribution < -0.4 is 16.2 Å². The smallest absolute Gasteiger partial charge is 0.259 e. The van der Waals surface area contributed by atoms with E-state index in [1.165, 1.54) is 16.9 Å². The fourth-order valence-electron chi connectivity index (χ4n) is 3.95. The van der Waals surface area contributed by atoms with Gasteiger partial charge in [0.05, 0.1) is 11.1 Å². The van der Waals surface area contributed by atoms with Crippen LogP contribution in [0.5, 0.6) is 0 Å². The van der Waals surface area contributed by atoms with E-state index in [4.69, 9.17) is 0 Å². The van der Waals surface area contributed by atoms with E-state index in [2.05, 4.69) is 20.6 Å². The lowest BCUT2D eigenvalue weighted by Gasteiger charge is -2.15. The lowest BCUT2D eigenvalue weighted by atomic mass is 9.97. The SMILES string of the molecule is O=C(CCSCc1nc2sc3c(c2c(=O)[nH]1)CCCC3)NC1CCCCNC1=O. The average Bonchev–Trinajstić information content (AvgIpc) is 2.97. The number of H-pyrrole nitrogens is 1. The number of fused-ring (bicyclic) bond motifs is 3. The molecule has 3 N–H and O–H groups in total. The molecule has 1 aliphatic carbocycles. The van der Waals surface area contributed by atoms with Gasteiger partial charge in [0.2, 0.25) is 11.8 Å². The molecular weight excluding hydrogens is 408 g/mol. The normalized spacial score (nSPS) is 19.4. The van der Waals surface area contributed by atoms with Gasteiger partial charge in [-0.15, -0.1) is 11.3 Å². The first-order valence-corrected chi connectivity index (χ1v) is 12.3. The van der Waals surface area contributed by atoms with E-state index in [1.807, 2.05) is 0 Å². The Hall–Kier alpha value is -1.87. The van der Waals surface area contributed by atoms with Crippen LogP contribution in [0.3, 0.4) is 0 Å². The van der Waals surface area contributed by atoms with E-state index < -0.39 is 6.04 Å². The number of carbonyl (C=O) groups is 2. The molecule has 0 spiro atoms. The standard InChI is InChI=1S/C20H26N4O3S2/c25-16(22-13-6-3-4-9-21-18(13)26)8-10-28-11-15-23-19(27)17-12-5-1-2-7-14(12)29-20(17)24-15/h13H,1-11H2,(H,21,26)(H,22,25)(H,23,24,27). The third kappa shape index (κ3) is 4.83. The van der Waals surface area contributed by atoms with Gasteiger partial charge < -0.3 is 15.6 Å². The summed E-state index contributed by atoms with van der Waals surface area (Å²) in [5, 5.41) is 6.44. The van der Waals surface area contributed by atoms with Gasteiger partial charge in [0.25, 0.3) is 5.56 Å². The van der Waals surface area contributed by atoms with Crippen LogP contribution in [0, 0.1) is 0 Å². The third-order valence-electron chi connectivity index (χ3n) is 5.46. The number of hydrogen-bond acceptors (Lipinski definition) is 6. The molecule has 4 rings (SSSR count). The second-order valence-corrected chi connectivity index (χ2v) is 9.80. The Morgan fingerprint density at radius 2 is 2.07 bits per heavy atom. The molecule has 0 bridgehead atoms. The number of nitrogens with zero attached hydrogens (tertiary/aromatic N) is 1. The molecule has 2 amide bonds. The Morgan fingerprint density at radius 3 is 2.97 bits per heavy atom. The number of amides is 2. The Kier molecular flexibility index (Phi) is 6.54. The second-order valence-electron chi connectivity index (χ2n) is 7.61. The number of aromatic nitrogens is 2. The summed E-state index contributed by atoms with van der Waals surface area (Å²) in [6, 6.07) is -0.416. The minimum Gasteiger partial charge on any atom is -0.354 e. The van der Waals surface area contributed by atoms with Crippen molar-refractivity contribution >= 4 is 45.1 Å². The van der Waals surface area contributed by atoms with Crippen molar-refractivity contribution in [1.29, 1.82) is 0 Å². The van der Waals surface area contributed by atoms with Crippen LogP contribution in [0.4, 0.5) is 0 Å². The fraction of sp³-hybridized carbons (Fsp3) is 0.600. The average molecular weight is 435 g/mol. The number of aryl methyl sites for hydroxylation is 2. The van der Waals surface area contributed by atoms with Crippen molar-refractivity contribution in [3.63, 3.8) is 0 Å². The van der Waals surface area contributed by atoms with Crippen LogP contribution in [0.15, 0.2) is 4.79 Å². The number of hydrogen-bond donors (Lipinski definition) is 3. The summed E-state index contributed by atoms with van der Waals surface area (Å²) >= 11 is 3.22. The zero-order valence-electron chi connectivity index (χ0n) is 16.3. The lowest BCUT2D eigenvalue weighted by Crippen LogP contribution is -2.45. The Morgan fingerprint density at radius 1 is 1.21 bits per heavy atom. The molecule has 2 aromatic heterocycles. The molecular formula is C20H26N4O3S2. The zero-order chi connectivity index (χ0) is 20.2. The quantitative estimate of drug-likeness (QED) is 0.605. The maximum absolute atomic E-state index is 12.6. The maximum atomic E-state index is 12.6. The summed E-state index contributed by atoms with van der Waals surface area (Å²) in [5.41, 5.74) is 1.16. The molecule has 156 valence electrons. The van der Waals surface area contributed by atoms with Crippen molar-refractivity contribution < 1.29 is 9.59 Å². The van der Waals surface area contributed by atoms with E-state index in [9.17, 15) is 14.4 Å². The molecule has 0 radical (unpaired) electrons. The molecule has 2 aliphatic rings. The van der Waals surface area contributed by atoms with Gasteiger partial charge in [0.1, 0.15) is 16.7 Å². The summed E-state index contributed by atoms with van der Waals surface area (Å²) in [7, 11) is 0. The van der Waals surface area contributed by atoms with Crippen molar-refractivity contribution in [3.8, 4) is 0 Å². The molecule has 0 aromatic carbocycles. The highest BCUT2D eigenvalue weighted by Gasteiger charge is 2.22. The van der Waals surface area contributed by atoms with E-state index in [-0.39, 0.29) is 17.4 Å². The molecule has 29 heavy (non-hydrogen) atoms. The fourth-order valence-corrected chi connectivity index (χ4v) is 6.04. The van der Waals surface area contributed by atoms with E-state index in [0.29, 0.717) is 36.7 Å². The third-order valence-corrected chi connectivity index (χ3v) is 7.61. The highest BCUT2D eigenvalue weighted by Crippen LogP contribution is 2.33. The van der Waals surface area contributed by atoms with Gasteiger partial charge in [0, 0.05) is 23.6 Å². The first kappa shape index (κ1) is 20.4. The predicted octanol–water partition coefficient (Wildman–Crippen LogP) is 2.27. The molecule has 7 nitrogen and oxygen atoms in total. The topological polar surface area (TPSA) is 104 Å². The van der Waals surface area contributed by atoms with Gasteiger partial charge in [-0.3, -0.25) is 14.4 Å². The highest BCUT2D eigenvalue weighted by molar-refractivity contribution is 7.98. The van der Waals surface area contributed by atoms with E-state index in [0.717, 1.165) is 42.3 Å². The predicted molar refractivity (Wildman–Crippen MR) is 116 cm³/mol. The summed E-state index contributed by atoms with van der Waals surface area (Å²) < 4.78 is 0. The number of nitrogens with one attached hydrogen (secondary N) is 3. The number of aromatic amines is 1. The van der Waals surface area contributed by atoms with E-state index >= 15 is 0 Å². The van der Waals surface area contributed by atoms with Gasteiger partial charge in [-0.2, -0.15) is 11.8 Å². The highest BCUT2D eigenvalue weighted by atomic mass is 32.2. The van der Waals surface area contributed by atoms with Crippen LogP contribution in [0.25, 0.3) is 10.2 Å². The number of rotatable bonds is 6. The van der Waals surface area contributed by atoms with Crippen LogP contribution in [0.1, 0.15) is 54.8 Å². The largest absolute Gasteiger partial charge is 0.354 e. The van der Waals surface area contributed by atoms with Crippen molar-refractivity contribution in [3.05, 3.63) is 26.6 Å². The molecule has 1 fully saturated rings. The van der Waals surface area contributed by atoms with Crippen LogP contribution in [-0.2, 0) is 28.2 Å². The van der Waals surface area contributed by atoms with Gasteiger partial charge >= 0.3 is 0 Å². The summed E-state index contributed by atoms with van der Waals surface area (Å²) in [5.74, 6) is 1.64. The van der Waals surface area contributed by atoms with Gasteiger partial charge in [-0.05, 0) is 50.5 Å². The monoisotopic (exact) mass is 434 g/mol. The van der Waals surface area contributed by atoms with Crippen LogP contribution >= 0.6 is 23.1 Å². The molecule has 1 atom stereocenters. The maximum Gasteiger partial charge on any atom is 0.259 e. The summed E-state index contributed by atoms with van der Waals surface area (Å²) in [6.45, 7) is 0.684. The molecule has 3 heterocycles. The number of thiophene rings is 1. The summed E-state index contributed by atoms with van der Waals surface area (Å²) in [4.78, 5) is 46.3. The van der Waals surface area contributed by atoms with Crippen molar-refractivity contribution in [2.45, 2.75) is 63.2 Å². The van der Waals surface area contributed by atoms with Crippen LogP contribution in [-0.4, -0.2) is 40.1 Å². The molecule has 1 saturated heterocycles. The van der Waals surface area contributed by atoms with Crippen molar-refractivity contribution in [1.82, 2.24) is 20.6 Å². The minimum absolute atomic E-state index is 0.0397. The van der Waals surface area contributed by atoms with Gasteiger partial charge in [-0.1, -0.05) is 0 Å². The molecule has 9 heteroatoms. The Balaban J connectivity index is 1.29. The Bertz CT molecular complexity index is 969. The van der Waals surface area contributed by atoms with Crippen molar-refractivity contribution in [2.24, 2.45) is 0 Å². The Labute approximate surface area is 177 Å². The minimum atomic E-state index is -0.416.